The first-order valence-electron chi connectivity index (χ1n) is 8.90. The largest absolute Gasteiger partial charge is 0.390 e. The molecule has 4 nitrogen and oxygen atoms in total. The Balaban J connectivity index is 1.76. The van der Waals surface area contributed by atoms with E-state index in [1.807, 2.05) is 13.0 Å². The summed E-state index contributed by atoms with van der Waals surface area (Å²) in [5, 5.41) is 20.2. The highest BCUT2D eigenvalue weighted by atomic mass is 16.3. The first-order valence-corrected chi connectivity index (χ1v) is 8.90. The molecule has 0 aromatic carbocycles. The lowest BCUT2D eigenvalue weighted by Gasteiger charge is -2.56. The number of allylic oxidation sites excluding steroid dienone is 2. The Morgan fingerprint density at radius 1 is 1.09 bits per heavy atom. The molecule has 0 amide bonds. The van der Waals surface area contributed by atoms with Crippen molar-refractivity contribution in [2.75, 3.05) is 0 Å². The third-order valence-electron chi connectivity index (χ3n) is 7.55. The zero-order valence-corrected chi connectivity index (χ0v) is 13.9. The van der Waals surface area contributed by atoms with Gasteiger partial charge in [-0.2, -0.15) is 0 Å². The van der Waals surface area contributed by atoms with Crippen molar-refractivity contribution in [2.45, 2.75) is 64.6 Å². The molecule has 0 bridgehead atoms. The fourth-order valence-corrected chi connectivity index (χ4v) is 6.13. The second-order valence-corrected chi connectivity index (χ2v) is 8.78. The highest BCUT2D eigenvalue weighted by Crippen LogP contribution is 2.62. The van der Waals surface area contributed by atoms with Crippen LogP contribution in [0.25, 0.3) is 0 Å². The molecule has 0 aromatic heterocycles. The molecule has 4 aliphatic carbocycles. The molecule has 7 atom stereocenters. The Morgan fingerprint density at radius 2 is 1.83 bits per heavy atom. The second-order valence-electron chi connectivity index (χ2n) is 8.78. The number of carbonyl (C=O) groups is 2. The van der Waals surface area contributed by atoms with E-state index in [4.69, 9.17) is 0 Å². The minimum atomic E-state index is -0.718. The van der Waals surface area contributed by atoms with Crippen molar-refractivity contribution in [3.8, 4) is 0 Å². The van der Waals surface area contributed by atoms with Gasteiger partial charge in [0.1, 0.15) is 5.78 Å². The van der Waals surface area contributed by atoms with Crippen LogP contribution in [0.1, 0.15) is 52.4 Å². The predicted octanol–water partition coefficient (Wildman–Crippen LogP) is 2.03. The van der Waals surface area contributed by atoms with Crippen molar-refractivity contribution in [3.05, 3.63) is 11.6 Å². The highest BCUT2D eigenvalue weighted by Gasteiger charge is 2.59. The zero-order chi connectivity index (χ0) is 16.6. The molecule has 0 radical (unpaired) electrons. The van der Waals surface area contributed by atoms with Crippen molar-refractivity contribution in [1.29, 1.82) is 0 Å². The summed E-state index contributed by atoms with van der Waals surface area (Å²) in [5.41, 5.74) is 0.424. The number of fused-ring (bicyclic) bond motifs is 5. The van der Waals surface area contributed by atoms with Crippen LogP contribution in [0.4, 0.5) is 0 Å². The summed E-state index contributed by atoms with van der Waals surface area (Å²) in [5.74, 6) is 1.05. The molecule has 23 heavy (non-hydrogen) atoms. The van der Waals surface area contributed by atoms with Gasteiger partial charge in [-0.1, -0.05) is 19.4 Å². The quantitative estimate of drug-likeness (QED) is 0.717. The summed E-state index contributed by atoms with van der Waals surface area (Å²) < 4.78 is 0. The Labute approximate surface area is 137 Å². The van der Waals surface area contributed by atoms with E-state index in [9.17, 15) is 19.8 Å². The van der Waals surface area contributed by atoms with Gasteiger partial charge < -0.3 is 10.2 Å². The minimum absolute atomic E-state index is 0.0992. The van der Waals surface area contributed by atoms with Crippen molar-refractivity contribution in [1.82, 2.24) is 0 Å². The topological polar surface area (TPSA) is 74.6 Å². The molecule has 0 unspecified atom stereocenters. The van der Waals surface area contributed by atoms with Crippen molar-refractivity contribution in [3.63, 3.8) is 0 Å². The molecule has 4 heteroatoms. The van der Waals surface area contributed by atoms with E-state index in [0.717, 1.165) is 18.4 Å². The van der Waals surface area contributed by atoms with Crippen molar-refractivity contribution in [2.24, 2.45) is 28.6 Å². The summed E-state index contributed by atoms with van der Waals surface area (Å²) in [6.07, 6.45) is 4.49. The summed E-state index contributed by atoms with van der Waals surface area (Å²) in [6.45, 7) is 4.11. The Kier molecular flexibility index (Phi) is 3.21. The van der Waals surface area contributed by atoms with Crippen LogP contribution < -0.4 is 0 Å². The molecular formula is C19H26O4. The van der Waals surface area contributed by atoms with Crippen LogP contribution in [0.3, 0.4) is 0 Å². The number of hydrogen-bond donors (Lipinski definition) is 2. The number of Topliss-reactive ketones (excluding diaryl/α,β-unsaturated/α-hetero) is 1. The van der Waals surface area contributed by atoms with Crippen LogP contribution >= 0.6 is 0 Å². The lowest BCUT2D eigenvalue weighted by Crippen LogP contribution is -2.53. The van der Waals surface area contributed by atoms with E-state index in [0.29, 0.717) is 31.6 Å². The van der Waals surface area contributed by atoms with Crippen LogP contribution in [0, 0.1) is 28.6 Å². The predicted molar refractivity (Wildman–Crippen MR) is 84.5 cm³/mol. The Morgan fingerprint density at radius 3 is 2.57 bits per heavy atom. The van der Waals surface area contributed by atoms with Crippen LogP contribution in [-0.2, 0) is 9.59 Å². The van der Waals surface area contributed by atoms with E-state index in [1.165, 1.54) is 0 Å². The van der Waals surface area contributed by atoms with Gasteiger partial charge >= 0.3 is 0 Å². The maximum atomic E-state index is 12.8. The zero-order valence-electron chi connectivity index (χ0n) is 13.9. The van der Waals surface area contributed by atoms with Crippen LogP contribution in [0.5, 0.6) is 0 Å². The SMILES string of the molecule is C[C@@]12C[C@H](O)[C@H](O)C[C@@H]1CC[C@@H]1C2=CC(=O)[C@@]2(C)CC(=O)C[C@H]12. The minimum Gasteiger partial charge on any atom is -0.390 e. The normalized spacial score (nSPS) is 52.5. The number of aliphatic hydroxyl groups is 2. The van der Waals surface area contributed by atoms with Gasteiger partial charge in [-0.15, -0.1) is 0 Å². The van der Waals surface area contributed by atoms with E-state index in [2.05, 4.69) is 6.92 Å². The molecule has 3 fully saturated rings. The average molecular weight is 318 g/mol. The molecule has 0 heterocycles. The average Bonchev–Trinajstić information content (AvgIpc) is 2.78. The second kappa shape index (κ2) is 4.76. The summed E-state index contributed by atoms with van der Waals surface area (Å²) in [7, 11) is 0. The first kappa shape index (κ1) is 15.5. The Hall–Kier alpha value is -1.00. The summed E-state index contributed by atoms with van der Waals surface area (Å²) in [4.78, 5) is 24.9. The molecule has 0 aliphatic heterocycles. The summed E-state index contributed by atoms with van der Waals surface area (Å²) in [6, 6.07) is 0. The lowest BCUT2D eigenvalue weighted by molar-refractivity contribution is -0.130. The molecule has 0 saturated heterocycles. The molecule has 2 N–H and O–H groups in total. The van der Waals surface area contributed by atoms with Gasteiger partial charge in [0.25, 0.3) is 0 Å². The van der Waals surface area contributed by atoms with E-state index >= 15 is 0 Å². The van der Waals surface area contributed by atoms with Gasteiger partial charge in [0.15, 0.2) is 5.78 Å². The molecule has 4 aliphatic rings. The van der Waals surface area contributed by atoms with Gasteiger partial charge in [0.2, 0.25) is 0 Å². The molecule has 126 valence electrons. The van der Waals surface area contributed by atoms with E-state index in [-0.39, 0.29) is 28.8 Å². The van der Waals surface area contributed by atoms with E-state index in [1.54, 1.807) is 0 Å². The van der Waals surface area contributed by atoms with Crippen molar-refractivity contribution >= 4 is 11.6 Å². The fourth-order valence-electron chi connectivity index (χ4n) is 6.13. The molecule has 0 spiro atoms. The monoisotopic (exact) mass is 318 g/mol. The standard InChI is InChI=1S/C19H26O4/c1-18-9-16(22)15(21)5-10(18)3-4-12-13-6-11(20)8-19(13,2)17(23)7-14(12)18/h7,10,12-13,15-16,21-22H,3-6,8-9H2,1-2H3/t10-,12-,13+,15+,16-,18+,19-/m0/s1. The Bertz CT molecular complexity index is 608. The van der Waals surface area contributed by atoms with Crippen LogP contribution in [-0.4, -0.2) is 34.0 Å². The van der Waals surface area contributed by atoms with Gasteiger partial charge in [0, 0.05) is 18.3 Å². The fraction of sp³-hybridized carbons (Fsp3) is 0.789. The van der Waals surface area contributed by atoms with Crippen molar-refractivity contribution < 1.29 is 19.8 Å². The van der Waals surface area contributed by atoms with Gasteiger partial charge in [0.05, 0.1) is 12.2 Å². The number of carbonyl (C=O) groups excluding carboxylic acids is 2. The van der Waals surface area contributed by atoms with Gasteiger partial charge in [-0.25, -0.2) is 0 Å². The maximum Gasteiger partial charge on any atom is 0.162 e. The van der Waals surface area contributed by atoms with E-state index < -0.39 is 17.6 Å². The lowest BCUT2D eigenvalue weighted by atomic mass is 9.49. The third kappa shape index (κ3) is 1.97. The maximum absolute atomic E-state index is 12.8. The number of ketones is 2. The first-order chi connectivity index (χ1) is 10.8. The number of rotatable bonds is 0. The highest BCUT2D eigenvalue weighted by molar-refractivity contribution is 6.02. The van der Waals surface area contributed by atoms with Crippen LogP contribution in [0.2, 0.25) is 0 Å². The smallest absolute Gasteiger partial charge is 0.162 e. The van der Waals surface area contributed by atoms with Crippen LogP contribution in [0.15, 0.2) is 11.6 Å². The summed E-state index contributed by atoms with van der Waals surface area (Å²) >= 11 is 0. The number of hydrogen-bond acceptors (Lipinski definition) is 4. The van der Waals surface area contributed by atoms with Gasteiger partial charge in [-0.05, 0) is 54.9 Å². The third-order valence-corrected chi connectivity index (χ3v) is 7.55. The molecule has 3 saturated carbocycles. The molecular weight excluding hydrogens is 292 g/mol. The molecule has 0 aromatic rings. The molecule has 4 rings (SSSR count). The number of aliphatic hydroxyl groups excluding tert-OH is 2. The van der Waals surface area contributed by atoms with Gasteiger partial charge in [-0.3, -0.25) is 9.59 Å².